The van der Waals surface area contributed by atoms with Gasteiger partial charge in [0, 0.05) is 0 Å². The van der Waals surface area contributed by atoms with E-state index in [4.69, 9.17) is 0 Å². The summed E-state index contributed by atoms with van der Waals surface area (Å²) in [6, 6.07) is 4.60. The van der Waals surface area contributed by atoms with Gasteiger partial charge in [0.05, 0.1) is 0 Å². The zero-order chi connectivity index (χ0) is 10.5. The molecule has 0 amide bonds. The molecule has 2 aromatic heterocycles. The van der Waals surface area contributed by atoms with Gasteiger partial charge in [0.1, 0.15) is 0 Å². The van der Waals surface area contributed by atoms with Crippen molar-refractivity contribution in [1.82, 2.24) is 0 Å². The first kappa shape index (κ1) is 11.0. The zero-order valence-electron chi connectivity index (χ0n) is 7.76. The fourth-order valence-electron chi connectivity index (χ4n) is 1.44. The van der Waals surface area contributed by atoms with Crippen molar-refractivity contribution in [2.75, 3.05) is 0 Å². The van der Waals surface area contributed by atoms with Crippen LogP contribution in [0.4, 0.5) is 0 Å². The first-order valence-electron chi connectivity index (χ1n) is 4.51. The summed E-state index contributed by atoms with van der Waals surface area (Å²) in [6.07, 6.45) is 0. The molecule has 0 atom stereocenters. The Balaban J connectivity index is 1.69. The predicted molar refractivity (Wildman–Crippen MR) is 77.2 cm³/mol. The Hall–Kier alpha value is 1.14. The van der Waals surface area contributed by atoms with Crippen LogP contribution in [0.15, 0.2) is 47.8 Å². The molecule has 0 aromatic carbocycles. The Kier molecular flexibility index (Phi) is 3.00. The second-order valence-corrected chi connectivity index (χ2v) is 12.8. The van der Waals surface area contributed by atoms with E-state index in [1.54, 1.807) is 7.54 Å². The number of hydrogen-bond acceptors (Lipinski definition) is 4. The van der Waals surface area contributed by atoms with Crippen LogP contribution in [0.2, 0.25) is 0 Å². The van der Waals surface area contributed by atoms with Crippen LogP contribution in [-0.4, -0.2) is 29.0 Å². The summed E-state index contributed by atoms with van der Waals surface area (Å²) >= 11 is 9.23. The van der Waals surface area contributed by atoms with Crippen LogP contribution >= 0.6 is 47.0 Å². The average Bonchev–Trinajstić information content (AvgIpc) is 2.94. The van der Waals surface area contributed by atoms with E-state index >= 15 is 0 Å². The molecule has 6 heteroatoms. The Morgan fingerprint density at radius 1 is 0.688 bits per heavy atom. The second-order valence-electron chi connectivity index (χ2n) is 3.13. The van der Waals surface area contributed by atoms with Crippen molar-refractivity contribution < 1.29 is 0 Å². The number of fused-ring (bicyclic) bond motifs is 2. The van der Waals surface area contributed by atoms with Crippen LogP contribution in [0, 0.1) is 0 Å². The monoisotopic (exact) mass is 412 g/mol. The van der Waals surface area contributed by atoms with Crippen molar-refractivity contribution in [3.63, 3.8) is 0 Å². The molecule has 2 aliphatic heterocycles. The quantitative estimate of drug-likeness (QED) is 0.602. The summed E-state index contributed by atoms with van der Waals surface area (Å²) in [5.74, 6) is 0. The third-order valence-electron chi connectivity index (χ3n) is 2.13. The van der Waals surface area contributed by atoms with Gasteiger partial charge in [-0.05, 0) is 0 Å². The molecule has 2 aromatic rings. The van der Waals surface area contributed by atoms with Gasteiger partial charge in [0.15, 0.2) is 0 Å². The van der Waals surface area contributed by atoms with Crippen molar-refractivity contribution in [1.29, 1.82) is 0 Å². The summed E-state index contributed by atoms with van der Waals surface area (Å²) in [6.45, 7) is 0. The number of hydrogen-bond donors (Lipinski definition) is 0. The summed E-state index contributed by atoms with van der Waals surface area (Å²) in [5, 5.41) is 0. The van der Waals surface area contributed by atoms with Crippen molar-refractivity contribution in [3.8, 4) is 0 Å². The van der Waals surface area contributed by atoms with Crippen LogP contribution in [0.5, 0.6) is 0 Å². The van der Waals surface area contributed by atoms with Gasteiger partial charge in [-0.15, -0.1) is 0 Å². The summed E-state index contributed by atoms with van der Waals surface area (Å²) in [4.78, 5) is 7.69. The molecule has 0 radical (unpaired) electrons. The Morgan fingerprint density at radius 2 is 1.19 bits per heavy atom. The molecule has 0 bridgehead atoms. The third kappa shape index (κ3) is 1.79. The van der Waals surface area contributed by atoms with Gasteiger partial charge in [-0.3, -0.25) is 0 Å². The Morgan fingerprint density at radius 3 is 1.62 bits per heavy atom. The van der Waals surface area contributed by atoms with Gasteiger partial charge < -0.3 is 0 Å². The maximum absolute atomic E-state index is 2.33. The standard InChI is InChI=1S/C10H4S4Se2/c1-3-15-9-5(1)11-7(13-9)8-12-6-2-4-16-10(6)14-8/h1-4H/b8-7-. The van der Waals surface area contributed by atoms with Gasteiger partial charge in [0.2, 0.25) is 0 Å². The van der Waals surface area contributed by atoms with Crippen molar-refractivity contribution in [2.24, 2.45) is 0 Å². The fraction of sp³-hybridized carbons (Fsp3) is 0. The van der Waals surface area contributed by atoms with E-state index in [0.717, 1.165) is 0 Å². The Bertz CT molecular complexity index is 498. The summed E-state index contributed by atoms with van der Waals surface area (Å²) in [5.41, 5.74) is 0. The van der Waals surface area contributed by atoms with E-state index in [2.05, 4.69) is 22.0 Å². The van der Waals surface area contributed by atoms with E-state index in [1.807, 2.05) is 47.0 Å². The molecule has 0 nitrogen and oxygen atoms in total. The van der Waals surface area contributed by atoms with Gasteiger partial charge in [-0.25, -0.2) is 0 Å². The molecular weight excluding hydrogens is 406 g/mol. The van der Waals surface area contributed by atoms with E-state index < -0.39 is 0 Å². The minimum atomic E-state index is 0.614. The Labute approximate surface area is 123 Å². The first-order chi connectivity index (χ1) is 7.90. The second kappa shape index (κ2) is 4.36. The molecule has 0 aliphatic carbocycles. The van der Waals surface area contributed by atoms with Crippen LogP contribution in [0.3, 0.4) is 0 Å². The third-order valence-corrected chi connectivity index (χ3v) is 13.0. The molecule has 0 spiro atoms. The van der Waals surface area contributed by atoms with E-state index in [1.165, 1.54) is 18.3 Å². The van der Waals surface area contributed by atoms with Gasteiger partial charge >= 0.3 is 124 Å². The molecule has 0 unspecified atom stereocenters. The predicted octanol–water partition coefficient (Wildman–Crippen LogP) is 4.02. The molecule has 0 saturated carbocycles. The van der Waals surface area contributed by atoms with E-state index in [9.17, 15) is 0 Å². The minimum absolute atomic E-state index is 0.614. The molecule has 2 aliphatic rings. The van der Waals surface area contributed by atoms with Crippen LogP contribution in [-0.2, 0) is 0 Å². The number of rotatable bonds is 0. The molecule has 0 fully saturated rings. The molecule has 80 valence electrons. The molecule has 0 N–H and O–H groups in total. The SMILES string of the molecule is c1cc2c([se]1)S/C(=C1/Sc3cc[se]c3S1)S2. The van der Waals surface area contributed by atoms with Gasteiger partial charge in [-0.1, -0.05) is 0 Å². The fourth-order valence-corrected chi connectivity index (χ4v) is 12.8. The molecule has 0 saturated heterocycles. The first-order valence-corrected chi connectivity index (χ1v) is 11.5. The zero-order valence-corrected chi connectivity index (χ0v) is 14.5. The van der Waals surface area contributed by atoms with Gasteiger partial charge in [-0.2, -0.15) is 0 Å². The van der Waals surface area contributed by atoms with Crippen molar-refractivity contribution >= 4 is 76.1 Å². The van der Waals surface area contributed by atoms with Crippen LogP contribution in [0.1, 0.15) is 0 Å². The normalized spacial score (nSPS) is 22.5. The van der Waals surface area contributed by atoms with Gasteiger partial charge in [0.25, 0.3) is 0 Å². The molecule has 16 heavy (non-hydrogen) atoms. The summed E-state index contributed by atoms with van der Waals surface area (Å²) in [7, 11) is 0. The summed E-state index contributed by atoms with van der Waals surface area (Å²) < 4.78 is 6.30. The molecule has 4 rings (SSSR count). The maximum atomic E-state index is 2.33. The van der Waals surface area contributed by atoms with Crippen molar-refractivity contribution in [3.05, 3.63) is 30.5 Å². The average molecular weight is 410 g/mol. The van der Waals surface area contributed by atoms with E-state index in [-0.39, 0.29) is 0 Å². The molecule has 4 heterocycles. The number of thioether (sulfide) groups is 4. The van der Waals surface area contributed by atoms with E-state index in [0.29, 0.717) is 29.0 Å². The topological polar surface area (TPSA) is 0 Å². The molecular formula is C10H4S4Se2. The van der Waals surface area contributed by atoms with Crippen molar-refractivity contribution in [2.45, 2.75) is 17.3 Å². The van der Waals surface area contributed by atoms with Crippen LogP contribution in [0.25, 0.3) is 0 Å². The van der Waals surface area contributed by atoms with Crippen LogP contribution < -0.4 is 0 Å².